The zero-order valence-corrected chi connectivity index (χ0v) is 21.4. The molecule has 1 aliphatic heterocycles. The third kappa shape index (κ3) is 6.15. The van der Waals surface area contributed by atoms with Crippen LogP contribution in [-0.2, 0) is 14.8 Å². The van der Waals surface area contributed by atoms with E-state index in [0.29, 0.717) is 48.3 Å². The van der Waals surface area contributed by atoms with Crippen molar-refractivity contribution < 1.29 is 13.2 Å². The Bertz CT molecular complexity index is 1050. The number of amides is 1. The highest BCUT2D eigenvalue weighted by atomic mass is 35.5. The number of carbonyl (C=O) groups is 1. The third-order valence-corrected chi connectivity index (χ3v) is 8.62. The zero-order valence-electron chi connectivity index (χ0n) is 19.8. The summed E-state index contributed by atoms with van der Waals surface area (Å²) in [5.41, 5.74) is 2.08. The number of benzene rings is 2. The first-order valence-electron chi connectivity index (χ1n) is 11.4. The minimum absolute atomic E-state index is 0.0350. The fourth-order valence-corrected chi connectivity index (χ4v) is 5.92. The quantitative estimate of drug-likeness (QED) is 0.598. The van der Waals surface area contributed by atoms with Gasteiger partial charge in [-0.15, -0.1) is 0 Å². The molecule has 1 heterocycles. The van der Waals surface area contributed by atoms with E-state index in [1.54, 1.807) is 12.1 Å². The van der Waals surface area contributed by atoms with Gasteiger partial charge in [-0.25, -0.2) is 8.42 Å². The Hall–Kier alpha value is -1.93. The van der Waals surface area contributed by atoms with Crippen LogP contribution in [-0.4, -0.2) is 57.3 Å². The second kappa shape index (κ2) is 11.0. The van der Waals surface area contributed by atoms with E-state index in [1.165, 1.54) is 4.31 Å². The molecule has 1 fully saturated rings. The summed E-state index contributed by atoms with van der Waals surface area (Å²) in [6.07, 6.45) is 1.02. The number of likely N-dealkylation sites (N-methyl/N-ethyl adjacent to an activating group) is 1. The molecule has 8 heteroatoms. The van der Waals surface area contributed by atoms with E-state index in [1.807, 2.05) is 55.4 Å². The highest BCUT2D eigenvalue weighted by Gasteiger charge is 2.32. The van der Waals surface area contributed by atoms with Crippen molar-refractivity contribution in [2.24, 2.45) is 5.92 Å². The highest BCUT2D eigenvalue weighted by molar-refractivity contribution is 7.89. The van der Waals surface area contributed by atoms with Gasteiger partial charge in [0.05, 0.1) is 10.9 Å². The number of nitrogens with one attached hydrogen (secondary N) is 1. The molecule has 1 unspecified atom stereocenters. The predicted molar refractivity (Wildman–Crippen MR) is 133 cm³/mol. The number of rotatable bonds is 8. The van der Waals surface area contributed by atoms with E-state index in [-0.39, 0.29) is 17.9 Å². The largest absolute Gasteiger partial charge is 0.354 e. The molecule has 0 spiro atoms. The summed E-state index contributed by atoms with van der Waals surface area (Å²) >= 11 is 6.36. The van der Waals surface area contributed by atoms with Gasteiger partial charge in [0.2, 0.25) is 15.9 Å². The van der Waals surface area contributed by atoms with Crippen LogP contribution in [0.15, 0.2) is 53.4 Å². The summed E-state index contributed by atoms with van der Waals surface area (Å²) in [5, 5.41) is 3.73. The van der Waals surface area contributed by atoms with Crippen LogP contribution < -0.4 is 5.32 Å². The Labute approximate surface area is 203 Å². The lowest BCUT2D eigenvalue weighted by Crippen LogP contribution is -2.44. The number of sulfonamides is 1. The summed E-state index contributed by atoms with van der Waals surface area (Å²) in [6.45, 7) is 5.28. The number of hydrogen-bond donors (Lipinski definition) is 1. The first-order valence-corrected chi connectivity index (χ1v) is 13.2. The fraction of sp³-hybridized carbons (Fsp3) is 0.480. The van der Waals surface area contributed by atoms with Crippen molar-refractivity contribution in [3.63, 3.8) is 0 Å². The van der Waals surface area contributed by atoms with Gasteiger partial charge in [-0.3, -0.25) is 4.79 Å². The maximum Gasteiger partial charge on any atom is 0.243 e. The summed E-state index contributed by atoms with van der Waals surface area (Å²) in [7, 11) is 0.360. The van der Waals surface area contributed by atoms with Crippen molar-refractivity contribution in [1.82, 2.24) is 14.5 Å². The molecular weight excluding hydrogens is 458 g/mol. The SMILES string of the molecule is CC(C)c1ccc(S(=O)(=O)N2CCC(C(=O)NCC(c3ccccc3Cl)N(C)C)CC2)cc1. The molecule has 33 heavy (non-hydrogen) atoms. The summed E-state index contributed by atoms with van der Waals surface area (Å²) in [5.74, 6) is 0.113. The lowest BCUT2D eigenvalue weighted by atomic mass is 9.97. The fourth-order valence-electron chi connectivity index (χ4n) is 4.19. The van der Waals surface area contributed by atoms with E-state index < -0.39 is 10.0 Å². The molecule has 0 bridgehead atoms. The lowest BCUT2D eigenvalue weighted by molar-refractivity contribution is -0.126. The average Bonchev–Trinajstić information content (AvgIpc) is 2.80. The maximum atomic E-state index is 13.0. The number of nitrogens with zero attached hydrogens (tertiary/aromatic N) is 2. The monoisotopic (exact) mass is 491 g/mol. The van der Waals surface area contributed by atoms with Gasteiger partial charge in [-0.2, -0.15) is 4.31 Å². The Morgan fingerprint density at radius 3 is 2.24 bits per heavy atom. The molecule has 0 saturated carbocycles. The average molecular weight is 492 g/mol. The molecule has 2 aromatic carbocycles. The van der Waals surface area contributed by atoms with E-state index in [0.717, 1.165) is 11.1 Å². The van der Waals surface area contributed by atoms with Crippen molar-refractivity contribution in [1.29, 1.82) is 0 Å². The van der Waals surface area contributed by atoms with Gasteiger partial charge < -0.3 is 10.2 Å². The van der Waals surface area contributed by atoms with Gasteiger partial charge in [0.25, 0.3) is 0 Å². The standard InChI is InChI=1S/C25H34ClN3O3S/c1-18(2)19-9-11-21(12-10-19)33(31,32)29-15-13-20(14-16-29)25(30)27-17-24(28(3)4)22-7-5-6-8-23(22)26/h5-12,18,20,24H,13-17H2,1-4H3,(H,27,30). The van der Waals surface area contributed by atoms with Gasteiger partial charge in [0, 0.05) is 30.6 Å². The van der Waals surface area contributed by atoms with Crippen molar-refractivity contribution >= 4 is 27.5 Å². The van der Waals surface area contributed by atoms with Gasteiger partial charge in [0.1, 0.15) is 0 Å². The van der Waals surface area contributed by atoms with Crippen molar-refractivity contribution in [2.75, 3.05) is 33.7 Å². The van der Waals surface area contributed by atoms with E-state index in [9.17, 15) is 13.2 Å². The van der Waals surface area contributed by atoms with Crippen LogP contribution in [0.25, 0.3) is 0 Å². The van der Waals surface area contributed by atoms with Gasteiger partial charge in [-0.1, -0.05) is 55.8 Å². The molecule has 0 radical (unpaired) electrons. The van der Waals surface area contributed by atoms with Crippen LogP contribution in [0.5, 0.6) is 0 Å². The third-order valence-electron chi connectivity index (χ3n) is 6.37. The molecule has 1 N–H and O–H groups in total. The van der Waals surface area contributed by atoms with Crippen LogP contribution in [0.3, 0.4) is 0 Å². The van der Waals surface area contributed by atoms with Crippen molar-refractivity contribution in [2.45, 2.75) is 43.5 Å². The maximum absolute atomic E-state index is 13.0. The molecular formula is C25H34ClN3O3S. The molecule has 180 valence electrons. The van der Waals surface area contributed by atoms with Crippen LogP contribution >= 0.6 is 11.6 Å². The molecule has 1 atom stereocenters. The van der Waals surface area contributed by atoms with Crippen LogP contribution in [0, 0.1) is 5.92 Å². The Balaban J connectivity index is 1.57. The number of carbonyl (C=O) groups excluding carboxylic acids is 1. The van der Waals surface area contributed by atoms with Crippen molar-refractivity contribution in [3.05, 3.63) is 64.7 Å². The summed E-state index contributed by atoms with van der Waals surface area (Å²) < 4.78 is 27.6. The van der Waals surface area contributed by atoms with Crippen LogP contribution in [0.4, 0.5) is 0 Å². The van der Waals surface area contributed by atoms with Gasteiger partial charge in [-0.05, 0) is 62.2 Å². The molecule has 3 rings (SSSR count). The topological polar surface area (TPSA) is 69.7 Å². The predicted octanol–water partition coefficient (Wildman–Crippen LogP) is 4.28. The second-order valence-corrected chi connectivity index (χ2v) is 11.5. The first kappa shape index (κ1) is 25.7. The number of hydrogen-bond acceptors (Lipinski definition) is 4. The summed E-state index contributed by atoms with van der Waals surface area (Å²) in [6, 6.07) is 14.7. The normalized spacial score (nSPS) is 16.8. The van der Waals surface area contributed by atoms with Crippen LogP contribution in [0.2, 0.25) is 5.02 Å². The summed E-state index contributed by atoms with van der Waals surface area (Å²) in [4.78, 5) is 15.2. The smallest absolute Gasteiger partial charge is 0.243 e. The first-order chi connectivity index (χ1) is 15.6. The Morgan fingerprint density at radius 1 is 1.09 bits per heavy atom. The van der Waals surface area contributed by atoms with E-state index in [4.69, 9.17) is 11.6 Å². The molecule has 2 aromatic rings. The molecule has 0 aliphatic carbocycles. The zero-order chi connectivity index (χ0) is 24.2. The minimum Gasteiger partial charge on any atom is -0.354 e. The molecule has 6 nitrogen and oxygen atoms in total. The van der Waals surface area contributed by atoms with Crippen LogP contribution in [0.1, 0.15) is 49.8 Å². The molecule has 0 aromatic heterocycles. The minimum atomic E-state index is -3.55. The van der Waals surface area contributed by atoms with Crippen molar-refractivity contribution in [3.8, 4) is 0 Å². The molecule has 1 amide bonds. The van der Waals surface area contributed by atoms with E-state index >= 15 is 0 Å². The van der Waals surface area contributed by atoms with E-state index in [2.05, 4.69) is 19.2 Å². The number of halogens is 1. The highest BCUT2D eigenvalue weighted by Crippen LogP contribution is 2.27. The van der Waals surface area contributed by atoms with Gasteiger partial charge >= 0.3 is 0 Å². The molecule has 1 aliphatic rings. The second-order valence-electron chi connectivity index (χ2n) is 9.15. The Morgan fingerprint density at radius 2 is 1.70 bits per heavy atom. The lowest BCUT2D eigenvalue weighted by Gasteiger charge is -2.31. The number of piperidine rings is 1. The Kier molecular flexibility index (Phi) is 8.56. The molecule has 1 saturated heterocycles. The van der Waals surface area contributed by atoms with Gasteiger partial charge in [0.15, 0.2) is 0 Å².